The van der Waals surface area contributed by atoms with Gasteiger partial charge in [0.05, 0.1) is 59.1 Å². The van der Waals surface area contributed by atoms with Gasteiger partial charge in [0.25, 0.3) is 5.91 Å². The van der Waals surface area contributed by atoms with Crippen molar-refractivity contribution in [1.29, 1.82) is 0 Å². The molecule has 4 aromatic rings. The first kappa shape index (κ1) is 36.3. The number of nitrogens with zero attached hydrogens (tertiary/aromatic N) is 3. The van der Waals surface area contributed by atoms with E-state index in [0.717, 1.165) is 38.3 Å². The first-order valence-corrected chi connectivity index (χ1v) is 17.0. The van der Waals surface area contributed by atoms with Crippen LogP contribution in [0.2, 0.25) is 0 Å². The molecule has 0 unspecified atom stereocenters. The maximum Gasteiger partial charge on any atom is 0.329 e. The molecule has 12 nitrogen and oxygen atoms in total. The highest BCUT2D eigenvalue weighted by molar-refractivity contribution is 6.25. The summed E-state index contributed by atoms with van der Waals surface area (Å²) in [6, 6.07) is 15.4. The number of aliphatic hydroxyl groups is 2. The predicted molar refractivity (Wildman–Crippen MR) is 195 cm³/mol. The van der Waals surface area contributed by atoms with Crippen LogP contribution in [-0.4, -0.2) is 79.1 Å². The molecule has 6 heterocycles. The first-order valence-electron chi connectivity index (χ1n) is 17.0. The van der Waals surface area contributed by atoms with E-state index in [9.17, 15) is 19.5 Å². The van der Waals surface area contributed by atoms with Gasteiger partial charge in [-0.15, -0.1) is 0 Å². The molecule has 8 rings (SSSR count). The second-order valence-corrected chi connectivity index (χ2v) is 15.1. The lowest BCUT2D eigenvalue weighted by Gasteiger charge is -2.32. The van der Waals surface area contributed by atoms with Crippen LogP contribution in [0.4, 0.5) is 0 Å². The molecule has 0 radical (unpaired) electrons. The summed E-state index contributed by atoms with van der Waals surface area (Å²) in [4.78, 5) is 49.7. The SMILES string of the molecule is CC(C)(C)O.CC(C)(C)O.COC(=O)[C@@H]1CC2=c3ccccc3=NC2=C2C=C(c3cc4n(c3O)[C@H](C(=O)OC)Cc3c-4[nH]c4ccccc34)C(=O)N21. The molecule has 0 saturated carbocycles. The van der Waals surface area contributed by atoms with Crippen LogP contribution in [0.1, 0.15) is 65.1 Å². The number of hydrogen-bond acceptors (Lipinski definition) is 9. The number of aromatic hydroxyl groups is 1. The Morgan fingerprint density at radius 1 is 0.885 bits per heavy atom. The number of hydrogen-bond donors (Lipinski definition) is 4. The van der Waals surface area contributed by atoms with Gasteiger partial charge >= 0.3 is 11.9 Å². The van der Waals surface area contributed by atoms with Gasteiger partial charge < -0.3 is 29.8 Å². The number of allylic oxidation sites excluding steroid dienone is 2. The van der Waals surface area contributed by atoms with E-state index in [-0.39, 0.29) is 23.4 Å². The highest BCUT2D eigenvalue weighted by Gasteiger charge is 2.47. The lowest BCUT2D eigenvalue weighted by Crippen LogP contribution is -2.45. The molecule has 1 amide bonds. The average molecular weight is 709 g/mol. The fourth-order valence-electron chi connectivity index (χ4n) is 6.82. The molecule has 0 saturated heterocycles. The van der Waals surface area contributed by atoms with E-state index in [0.29, 0.717) is 23.5 Å². The van der Waals surface area contributed by atoms with Gasteiger partial charge in [0.1, 0.15) is 12.1 Å². The van der Waals surface area contributed by atoms with Crippen LogP contribution in [0.25, 0.3) is 33.4 Å². The van der Waals surface area contributed by atoms with E-state index in [1.807, 2.05) is 48.5 Å². The van der Waals surface area contributed by atoms with Crippen LogP contribution in [0.15, 0.2) is 77.1 Å². The number of aromatic amines is 1. The van der Waals surface area contributed by atoms with Crippen molar-refractivity contribution >= 4 is 39.9 Å². The van der Waals surface area contributed by atoms with Crippen molar-refractivity contribution in [3.8, 4) is 17.3 Å². The number of H-pyrrole nitrogens is 1. The van der Waals surface area contributed by atoms with Crippen molar-refractivity contribution < 1.29 is 39.2 Å². The molecule has 4 aliphatic heterocycles. The second kappa shape index (κ2) is 13.3. The zero-order valence-corrected chi connectivity index (χ0v) is 30.6. The van der Waals surface area contributed by atoms with Gasteiger partial charge in [-0.2, -0.15) is 0 Å². The number of carbonyl (C=O) groups excluding carboxylic acids is 3. The maximum absolute atomic E-state index is 14.1. The average Bonchev–Trinajstić information content (AvgIpc) is 3.82. The summed E-state index contributed by atoms with van der Waals surface area (Å²) < 4.78 is 11.7. The number of ether oxygens (including phenoxy) is 2. The quantitative estimate of drug-likeness (QED) is 0.232. The van der Waals surface area contributed by atoms with Crippen molar-refractivity contribution in [2.75, 3.05) is 14.2 Å². The van der Waals surface area contributed by atoms with Crippen LogP contribution in [0.5, 0.6) is 5.88 Å². The van der Waals surface area contributed by atoms with Gasteiger partial charge in [0.15, 0.2) is 0 Å². The summed E-state index contributed by atoms with van der Waals surface area (Å²) in [6.45, 7) is 10.5. The summed E-state index contributed by atoms with van der Waals surface area (Å²) in [6.07, 6.45) is 2.22. The maximum atomic E-state index is 14.1. The van der Waals surface area contributed by atoms with Gasteiger partial charge in [0.2, 0.25) is 5.88 Å². The molecule has 0 spiro atoms. The molecule has 0 aliphatic carbocycles. The van der Waals surface area contributed by atoms with Crippen molar-refractivity contribution in [3.05, 3.63) is 93.8 Å². The Kier molecular flexibility index (Phi) is 9.27. The van der Waals surface area contributed by atoms with E-state index in [1.165, 1.54) is 23.7 Å². The number of rotatable bonds is 3. The Hall–Kier alpha value is -5.46. The Labute approximate surface area is 301 Å². The summed E-state index contributed by atoms with van der Waals surface area (Å²) in [5, 5.41) is 31.3. The third-order valence-corrected chi connectivity index (χ3v) is 8.71. The minimum Gasteiger partial charge on any atom is -0.494 e. The first-order chi connectivity index (χ1) is 24.4. The number of benzene rings is 2. The topological polar surface area (TPSA) is 167 Å². The third-order valence-electron chi connectivity index (χ3n) is 8.71. The molecule has 272 valence electrons. The number of carbonyl (C=O) groups is 3. The monoisotopic (exact) mass is 708 g/mol. The Balaban J connectivity index is 0.000000413. The zero-order valence-electron chi connectivity index (χ0n) is 30.6. The summed E-state index contributed by atoms with van der Waals surface area (Å²) in [7, 11) is 2.61. The Morgan fingerprint density at radius 2 is 1.48 bits per heavy atom. The van der Waals surface area contributed by atoms with E-state index < -0.39 is 41.1 Å². The van der Waals surface area contributed by atoms with Crippen LogP contribution in [0.3, 0.4) is 0 Å². The lowest BCUT2D eigenvalue weighted by atomic mass is 9.95. The lowest BCUT2D eigenvalue weighted by molar-refractivity contribution is -0.149. The molecule has 12 heteroatoms. The van der Waals surface area contributed by atoms with Gasteiger partial charge in [-0.25, -0.2) is 14.6 Å². The predicted octanol–water partition coefficient (Wildman–Crippen LogP) is 4.03. The Morgan fingerprint density at radius 3 is 2.13 bits per heavy atom. The molecular weight excluding hydrogens is 664 g/mol. The fraction of sp³-hybridized carbons (Fsp3) is 0.350. The van der Waals surface area contributed by atoms with E-state index in [4.69, 9.17) is 24.7 Å². The summed E-state index contributed by atoms with van der Waals surface area (Å²) in [5.41, 5.74) is 4.54. The molecular formula is C40H44N4O8. The molecule has 2 atom stereocenters. The van der Waals surface area contributed by atoms with E-state index in [2.05, 4.69) is 4.98 Å². The summed E-state index contributed by atoms with van der Waals surface area (Å²) in [5.74, 6) is -1.74. The summed E-state index contributed by atoms with van der Waals surface area (Å²) >= 11 is 0. The van der Waals surface area contributed by atoms with Crippen LogP contribution in [-0.2, 0) is 30.3 Å². The van der Waals surface area contributed by atoms with Crippen molar-refractivity contribution in [1.82, 2.24) is 14.5 Å². The third kappa shape index (κ3) is 6.67. The fourth-order valence-corrected chi connectivity index (χ4v) is 6.82. The molecule has 4 N–H and O–H groups in total. The molecule has 4 aliphatic rings. The number of methoxy groups -OCH3 is 2. The molecule has 0 fully saturated rings. The van der Waals surface area contributed by atoms with Gasteiger partial charge in [-0.05, 0) is 77.0 Å². The van der Waals surface area contributed by atoms with E-state index >= 15 is 0 Å². The minimum absolute atomic E-state index is 0.194. The van der Waals surface area contributed by atoms with Gasteiger partial charge in [-0.1, -0.05) is 36.4 Å². The largest absolute Gasteiger partial charge is 0.494 e. The van der Waals surface area contributed by atoms with Crippen molar-refractivity contribution in [2.45, 2.75) is 77.7 Å². The van der Waals surface area contributed by atoms with Crippen molar-refractivity contribution in [2.24, 2.45) is 4.99 Å². The number of esters is 2. The van der Waals surface area contributed by atoms with E-state index in [1.54, 1.807) is 53.7 Å². The molecule has 0 bridgehead atoms. The Bertz CT molecular complexity index is 2290. The number of fused-ring (bicyclic) bond motifs is 8. The minimum atomic E-state index is -0.895. The normalized spacial score (nSPS) is 18.4. The smallest absolute Gasteiger partial charge is 0.329 e. The van der Waals surface area contributed by atoms with Gasteiger partial charge in [0, 0.05) is 34.5 Å². The second-order valence-electron chi connectivity index (χ2n) is 15.1. The number of aromatic nitrogens is 2. The molecule has 2 aromatic heterocycles. The van der Waals surface area contributed by atoms with Gasteiger partial charge in [-0.3, -0.25) is 14.3 Å². The molecule has 2 aromatic carbocycles. The molecule has 52 heavy (non-hydrogen) atoms. The highest BCUT2D eigenvalue weighted by atomic mass is 16.5. The zero-order chi connectivity index (χ0) is 37.9. The van der Waals surface area contributed by atoms with Crippen LogP contribution >= 0.6 is 0 Å². The number of nitrogens with one attached hydrogen (secondary N) is 1. The highest BCUT2D eigenvalue weighted by Crippen LogP contribution is 2.48. The van der Waals surface area contributed by atoms with Crippen molar-refractivity contribution in [3.63, 3.8) is 0 Å². The van der Waals surface area contributed by atoms with Crippen LogP contribution < -0.4 is 10.6 Å². The van der Waals surface area contributed by atoms with Crippen LogP contribution in [0, 0.1) is 0 Å². The standard InChI is InChI=1S/C32H24N4O6.2C4H10O/c1-41-31(39)25-11-17-15-7-3-5-9-21(15)33-27(17)23-13-19(29(37)35(23)25)20-14-24-28-18(16-8-4-6-10-22(16)34-28)12-26(32(40)42-2)36(24)30(20)38;2*1-4(2,3)5/h3-10,13-14,25-26,33,37H,11-12H2,1-2H3;2*5H,1-3H3/t25-,26-;;/m0../s1. The number of amides is 1. The number of para-hydroxylation sites is 2.